The van der Waals surface area contributed by atoms with E-state index in [4.69, 9.17) is 5.11 Å². The van der Waals surface area contributed by atoms with Gasteiger partial charge in [-0.3, -0.25) is 9.59 Å². The monoisotopic (exact) mass is 214 g/mol. The number of likely N-dealkylation sites (tertiary alicyclic amines) is 1. The third kappa shape index (κ3) is 3.87. The predicted molar refractivity (Wildman–Crippen MR) is 55.5 cm³/mol. The van der Waals surface area contributed by atoms with Crippen molar-refractivity contribution >= 4 is 11.9 Å². The van der Waals surface area contributed by atoms with Crippen LogP contribution in [-0.4, -0.2) is 47.6 Å². The zero-order valence-electron chi connectivity index (χ0n) is 9.19. The van der Waals surface area contributed by atoms with Gasteiger partial charge in [0.05, 0.1) is 6.42 Å². The molecule has 1 saturated heterocycles. The van der Waals surface area contributed by atoms with Gasteiger partial charge in [0.15, 0.2) is 0 Å². The van der Waals surface area contributed by atoms with Gasteiger partial charge in [0.2, 0.25) is 5.91 Å². The molecule has 0 bridgehead atoms. The molecule has 0 spiro atoms. The standard InChI is InChI=1S/C10H18N2O3/c1-7(5-10(14)15)11-8-3-4-9(13)12(2)6-8/h7-8,11H,3-6H2,1-2H3,(H,14,15). The Morgan fingerprint density at radius 1 is 1.73 bits per heavy atom. The Morgan fingerprint density at radius 3 is 2.93 bits per heavy atom. The summed E-state index contributed by atoms with van der Waals surface area (Å²) in [6.07, 6.45) is 1.47. The molecule has 5 nitrogen and oxygen atoms in total. The highest BCUT2D eigenvalue weighted by Gasteiger charge is 2.23. The summed E-state index contributed by atoms with van der Waals surface area (Å²) in [5.74, 6) is -0.630. The van der Waals surface area contributed by atoms with Crippen LogP contribution in [-0.2, 0) is 9.59 Å². The minimum Gasteiger partial charge on any atom is -0.481 e. The van der Waals surface area contributed by atoms with E-state index in [1.807, 2.05) is 6.92 Å². The lowest BCUT2D eigenvalue weighted by atomic mass is 10.0. The number of amides is 1. The normalized spacial score (nSPS) is 24.0. The molecule has 1 heterocycles. The number of aliphatic carboxylic acids is 1. The van der Waals surface area contributed by atoms with Crippen LogP contribution in [0.1, 0.15) is 26.2 Å². The lowest BCUT2D eigenvalue weighted by Crippen LogP contribution is -2.49. The number of nitrogens with one attached hydrogen (secondary N) is 1. The van der Waals surface area contributed by atoms with Crippen molar-refractivity contribution in [1.82, 2.24) is 10.2 Å². The van der Waals surface area contributed by atoms with Crippen molar-refractivity contribution in [2.24, 2.45) is 0 Å². The summed E-state index contributed by atoms with van der Waals surface area (Å²) in [5, 5.41) is 11.8. The molecule has 86 valence electrons. The highest BCUT2D eigenvalue weighted by atomic mass is 16.4. The van der Waals surface area contributed by atoms with Crippen molar-refractivity contribution in [2.45, 2.75) is 38.3 Å². The number of rotatable bonds is 4. The Morgan fingerprint density at radius 2 is 2.40 bits per heavy atom. The van der Waals surface area contributed by atoms with Gasteiger partial charge >= 0.3 is 5.97 Å². The van der Waals surface area contributed by atoms with Crippen LogP contribution in [0.5, 0.6) is 0 Å². The molecule has 1 aliphatic rings. The van der Waals surface area contributed by atoms with Crippen LogP contribution >= 0.6 is 0 Å². The average molecular weight is 214 g/mol. The van der Waals surface area contributed by atoms with Gasteiger partial charge < -0.3 is 15.3 Å². The Hall–Kier alpha value is -1.10. The van der Waals surface area contributed by atoms with E-state index in [9.17, 15) is 9.59 Å². The molecule has 0 aromatic heterocycles. The van der Waals surface area contributed by atoms with E-state index in [1.165, 1.54) is 0 Å². The number of likely N-dealkylation sites (N-methyl/N-ethyl adjacent to an activating group) is 1. The first kappa shape index (κ1) is 12.0. The van der Waals surface area contributed by atoms with Crippen molar-refractivity contribution in [2.75, 3.05) is 13.6 Å². The third-order valence-corrected chi connectivity index (χ3v) is 2.63. The van der Waals surface area contributed by atoms with E-state index in [-0.39, 0.29) is 24.4 Å². The molecule has 0 aromatic carbocycles. The number of carbonyl (C=O) groups is 2. The van der Waals surface area contributed by atoms with E-state index in [1.54, 1.807) is 11.9 Å². The van der Waals surface area contributed by atoms with Gasteiger partial charge in [-0.05, 0) is 13.3 Å². The molecular formula is C10H18N2O3. The first-order valence-corrected chi connectivity index (χ1v) is 5.21. The van der Waals surface area contributed by atoms with Gasteiger partial charge in [0.25, 0.3) is 0 Å². The highest BCUT2D eigenvalue weighted by Crippen LogP contribution is 2.10. The lowest BCUT2D eigenvalue weighted by molar-refractivity contribution is -0.138. The summed E-state index contributed by atoms with van der Waals surface area (Å²) in [5.41, 5.74) is 0. The van der Waals surface area contributed by atoms with Crippen molar-refractivity contribution in [3.63, 3.8) is 0 Å². The second kappa shape index (κ2) is 5.11. The number of carboxylic acid groups (broad SMARTS) is 1. The molecule has 15 heavy (non-hydrogen) atoms. The molecule has 0 aliphatic carbocycles. The van der Waals surface area contributed by atoms with Crippen LogP contribution < -0.4 is 5.32 Å². The van der Waals surface area contributed by atoms with E-state index < -0.39 is 5.97 Å². The molecule has 0 saturated carbocycles. The molecule has 0 radical (unpaired) electrons. The summed E-state index contributed by atoms with van der Waals surface area (Å²) in [4.78, 5) is 23.4. The highest BCUT2D eigenvalue weighted by molar-refractivity contribution is 5.76. The van der Waals surface area contributed by atoms with Gasteiger partial charge in [0, 0.05) is 32.1 Å². The first-order chi connectivity index (χ1) is 6.99. The van der Waals surface area contributed by atoms with E-state index in [2.05, 4.69) is 5.32 Å². The number of nitrogens with zero attached hydrogens (tertiary/aromatic N) is 1. The Labute approximate surface area is 89.4 Å². The first-order valence-electron chi connectivity index (χ1n) is 5.21. The molecular weight excluding hydrogens is 196 g/mol. The molecule has 2 atom stereocenters. The minimum atomic E-state index is -0.796. The fourth-order valence-electron chi connectivity index (χ4n) is 1.87. The Bertz CT molecular complexity index is 255. The third-order valence-electron chi connectivity index (χ3n) is 2.63. The topological polar surface area (TPSA) is 69.6 Å². The summed E-state index contributed by atoms with van der Waals surface area (Å²) in [6, 6.07) is 0.177. The summed E-state index contributed by atoms with van der Waals surface area (Å²) in [7, 11) is 1.78. The molecule has 5 heteroatoms. The minimum absolute atomic E-state index is 0.0471. The number of hydrogen-bond acceptors (Lipinski definition) is 3. The number of hydrogen-bond donors (Lipinski definition) is 2. The molecule has 1 rings (SSSR count). The second-order valence-corrected chi connectivity index (χ2v) is 4.18. The predicted octanol–water partition coefficient (Wildman–Crippen LogP) is 0.0600. The Balaban J connectivity index is 2.33. The Kier molecular flexibility index (Phi) is 4.08. The van der Waals surface area contributed by atoms with Crippen LogP contribution in [0, 0.1) is 0 Å². The maximum atomic E-state index is 11.2. The van der Waals surface area contributed by atoms with E-state index in [0.29, 0.717) is 13.0 Å². The SMILES string of the molecule is CC(CC(=O)O)NC1CCC(=O)N(C)C1. The van der Waals surface area contributed by atoms with Gasteiger partial charge in [-0.15, -0.1) is 0 Å². The lowest BCUT2D eigenvalue weighted by Gasteiger charge is -2.31. The molecule has 2 N–H and O–H groups in total. The molecule has 1 aliphatic heterocycles. The van der Waals surface area contributed by atoms with Crippen LogP contribution in [0.2, 0.25) is 0 Å². The number of carbonyl (C=O) groups excluding carboxylic acids is 1. The second-order valence-electron chi connectivity index (χ2n) is 4.18. The summed E-state index contributed by atoms with van der Waals surface area (Å²) >= 11 is 0. The summed E-state index contributed by atoms with van der Waals surface area (Å²) in [6.45, 7) is 2.52. The van der Waals surface area contributed by atoms with Crippen molar-refractivity contribution in [3.8, 4) is 0 Å². The zero-order chi connectivity index (χ0) is 11.4. The van der Waals surface area contributed by atoms with Crippen LogP contribution in [0.4, 0.5) is 0 Å². The molecule has 1 fully saturated rings. The van der Waals surface area contributed by atoms with Crippen molar-refractivity contribution in [1.29, 1.82) is 0 Å². The zero-order valence-corrected chi connectivity index (χ0v) is 9.19. The van der Waals surface area contributed by atoms with Gasteiger partial charge in [0.1, 0.15) is 0 Å². The molecule has 0 aromatic rings. The maximum absolute atomic E-state index is 11.2. The average Bonchev–Trinajstić information content (AvgIpc) is 2.10. The molecule has 1 amide bonds. The maximum Gasteiger partial charge on any atom is 0.304 e. The summed E-state index contributed by atoms with van der Waals surface area (Å²) < 4.78 is 0. The van der Waals surface area contributed by atoms with E-state index in [0.717, 1.165) is 6.42 Å². The number of piperidine rings is 1. The van der Waals surface area contributed by atoms with Crippen LogP contribution in [0.15, 0.2) is 0 Å². The smallest absolute Gasteiger partial charge is 0.304 e. The van der Waals surface area contributed by atoms with Gasteiger partial charge in [-0.2, -0.15) is 0 Å². The number of carboxylic acids is 1. The fraction of sp³-hybridized carbons (Fsp3) is 0.800. The van der Waals surface area contributed by atoms with E-state index >= 15 is 0 Å². The van der Waals surface area contributed by atoms with Crippen molar-refractivity contribution < 1.29 is 14.7 Å². The largest absolute Gasteiger partial charge is 0.481 e. The van der Waals surface area contributed by atoms with Crippen molar-refractivity contribution in [3.05, 3.63) is 0 Å². The molecule has 2 unspecified atom stereocenters. The van der Waals surface area contributed by atoms with Crippen LogP contribution in [0.25, 0.3) is 0 Å². The van der Waals surface area contributed by atoms with Crippen LogP contribution in [0.3, 0.4) is 0 Å². The van der Waals surface area contributed by atoms with Gasteiger partial charge in [-0.1, -0.05) is 0 Å². The fourth-order valence-corrected chi connectivity index (χ4v) is 1.87. The van der Waals surface area contributed by atoms with Gasteiger partial charge in [-0.25, -0.2) is 0 Å². The quantitative estimate of drug-likeness (QED) is 0.694.